The van der Waals surface area contributed by atoms with E-state index >= 15 is 0 Å². The molecule has 0 aliphatic rings. The molecule has 0 atom stereocenters. The Balaban J connectivity index is 1.47. The normalized spacial score (nSPS) is 11.0. The summed E-state index contributed by atoms with van der Waals surface area (Å²) in [6.07, 6.45) is 1.60. The molecule has 0 spiro atoms. The molecule has 0 bridgehead atoms. The Hall–Kier alpha value is -3.94. The number of carbonyl (C=O) groups is 1. The number of ether oxygens (including phenoxy) is 1. The topological polar surface area (TPSA) is 90.5 Å². The second-order valence-electron chi connectivity index (χ2n) is 7.05. The molecule has 0 aliphatic heterocycles. The molecule has 2 heterocycles. The van der Waals surface area contributed by atoms with Gasteiger partial charge in [-0.05, 0) is 38.1 Å². The fourth-order valence-electron chi connectivity index (χ4n) is 3.03. The molecule has 2 aromatic heterocycles. The standard InChI is InChI=1S/C22H21N5O3/c1-15(2)26-14-23-22-25-18(12-20(28)27(22)26)13-30-19-10-6-9-17(11-19)24-21(29)16-7-4-3-5-8-16/h3-12,14-15H,13H2,1-2H3,(H,24,29). The molecular formula is C22H21N5O3. The number of nitrogens with one attached hydrogen (secondary N) is 1. The lowest BCUT2D eigenvalue weighted by Gasteiger charge is -2.10. The number of hydrogen-bond donors (Lipinski definition) is 1. The second kappa shape index (κ2) is 8.20. The van der Waals surface area contributed by atoms with Gasteiger partial charge in [-0.3, -0.25) is 14.3 Å². The van der Waals surface area contributed by atoms with E-state index in [0.29, 0.717) is 28.5 Å². The number of aromatic nitrogens is 4. The van der Waals surface area contributed by atoms with E-state index in [0.717, 1.165) is 0 Å². The number of fused-ring (bicyclic) bond motifs is 1. The highest BCUT2D eigenvalue weighted by atomic mass is 16.5. The summed E-state index contributed by atoms with van der Waals surface area (Å²) in [6, 6.07) is 17.6. The molecule has 8 nitrogen and oxygen atoms in total. The van der Waals surface area contributed by atoms with E-state index in [-0.39, 0.29) is 24.1 Å². The maximum atomic E-state index is 12.5. The largest absolute Gasteiger partial charge is 0.487 e. The van der Waals surface area contributed by atoms with E-state index in [2.05, 4.69) is 15.3 Å². The number of anilines is 1. The van der Waals surface area contributed by atoms with Crippen molar-refractivity contribution in [3.05, 3.63) is 88.6 Å². The Bertz CT molecular complexity index is 1240. The number of amides is 1. The molecule has 152 valence electrons. The van der Waals surface area contributed by atoms with Crippen molar-refractivity contribution in [2.75, 3.05) is 5.32 Å². The molecule has 0 saturated heterocycles. The van der Waals surface area contributed by atoms with Gasteiger partial charge in [0.25, 0.3) is 17.2 Å². The molecule has 4 rings (SSSR count). The van der Waals surface area contributed by atoms with Crippen molar-refractivity contribution in [2.24, 2.45) is 0 Å². The van der Waals surface area contributed by atoms with E-state index < -0.39 is 0 Å². The fourth-order valence-corrected chi connectivity index (χ4v) is 3.03. The van der Waals surface area contributed by atoms with Crippen molar-refractivity contribution >= 4 is 17.4 Å². The van der Waals surface area contributed by atoms with E-state index in [1.54, 1.807) is 47.4 Å². The summed E-state index contributed by atoms with van der Waals surface area (Å²) in [4.78, 5) is 33.4. The molecule has 4 aromatic rings. The van der Waals surface area contributed by atoms with E-state index in [9.17, 15) is 9.59 Å². The highest BCUT2D eigenvalue weighted by Gasteiger charge is 2.11. The van der Waals surface area contributed by atoms with Crippen LogP contribution in [-0.2, 0) is 6.61 Å². The Labute approximate surface area is 172 Å². The van der Waals surface area contributed by atoms with Gasteiger partial charge in [0.15, 0.2) is 0 Å². The summed E-state index contributed by atoms with van der Waals surface area (Å²) < 4.78 is 8.95. The van der Waals surface area contributed by atoms with Gasteiger partial charge in [0.05, 0.1) is 5.69 Å². The minimum Gasteiger partial charge on any atom is -0.487 e. The molecule has 0 fully saturated rings. The van der Waals surface area contributed by atoms with Crippen LogP contribution in [0, 0.1) is 0 Å². The van der Waals surface area contributed by atoms with Crippen LogP contribution in [0.1, 0.15) is 35.9 Å². The van der Waals surface area contributed by atoms with Crippen LogP contribution >= 0.6 is 0 Å². The number of benzene rings is 2. The predicted molar refractivity (Wildman–Crippen MR) is 113 cm³/mol. The smallest absolute Gasteiger partial charge is 0.274 e. The lowest BCUT2D eigenvalue weighted by atomic mass is 10.2. The van der Waals surface area contributed by atoms with Crippen LogP contribution in [0.3, 0.4) is 0 Å². The van der Waals surface area contributed by atoms with Crippen LogP contribution in [0.15, 0.2) is 71.8 Å². The third-order valence-electron chi connectivity index (χ3n) is 4.50. The first-order valence-corrected chi connectivity index (χ1v) is 9.56. The van der Waals surface area contributed by atoms with Crippen LogP contribution in [0.4, 0.5) is 5.69 Å². The lowest BCUT2D eigenvalue weighted by molar-refractivity contribution is 0.102. The number of carbonyl (C=O) groups excluding carboxylic acids is 1. The Morgan fingerprint density at radius 1 is 1.10 bits per heavy atom. The second-order valence-corrected chi connectivity index (χ2v) is 7.05. The highest BCUT2D eigenvalue weighted by Crippen LogP contribution is 2.19. The summed E-state index contributed by atoms with van der Waals surface area (Å²) in [7, 11) is 0. The Morgan fingerprint density at radius 2 is 1.90 bits per heavy atom. The van der Waals surface area contributed by atoms with Gasteiger partial charge in [-0.25, -0.2) is 4.98 Å². The van der Waals surface area contributed by atoms with Gasteiger partial charge in [0.2, 0.25) is 0 Å². The quantitative estimate of drug-likeness (QED) is 0.533. The highest BCUT2D eigenvalue weighted by molar-refractivity contribution is 6.04. The first-order chi connectivity index (χ1) is 14.5. The van der Waals surface area contributed by atoms with Gasteiger partial charge < -0.3 is 10.1 Å². The maximum Gasteiger partial charge on any atom is 0.274 e. The molecule has 0 saturated carbocycles. The summed E-state index contributed by atoms with van der Waals surface area (Å²) in [6.45, 7) is 4.04. The number of rotatable bonds is 6. The molecule has 30 heavy (non-hydrogen) atoms. The van der Waals surface area contributed by atoms with Gasteiger partial charge >= 0.3 is 0 Å². The van der Waals surface area contributed by atoms with Gasteiger partial charge in [-0.1, -0.05) is 24.3 Å². The Kier molecular flexibility index (Phi) is 5.30. The van der Waals surface area contributed by atoms with Crippen LogP contribution in [0.25, 0.3) is 5.78 Å². The zero-order valence-corrected chi connectivity index (χ0v) is 16.6. The van der Waals surface area contributed by atoms with Crippen molar-refractivity contribution in [1.82, 2.24) is 19.2 Å². The van der Waals surface area contributed by atoms with E-state index in [1.807, 2.05) is 32.0 Å². The van der Waals surface area contributed by atoms with Crippen LogP contribution in [-0.4, -0.2) is 25.1 Å². The van der Waals surface area contributed by atoms with Gasteiger partial charge in [0, 0.05) is 29.4 Å². The van der Waals surface area contributed by atoms with Crippen molar-refractivity contribution in [1.29, 1.82) is 0 Å². The van der Waals surface area contributed by atoms with Crippen molar-refractivity contribution in [3.8, 4) is 5.75 Å². The van der Waals surface area contributed by atoms with Gasteiger partial charge in [-0.15, -0.1) is 0 Å². The number of hydrogen-bond acceptors (Lipinski definition) is 5. The molecule has 0 aliphatic carbocycles. The molecular weight excluding hydrogens is 382 g/mol. The molecule has 8 heteroatoms. The summed E-state index contributed by atoms with van der Waals surface area (Å²) in [5.74, 6) is 0.683. The lowest BCUT2D eigenvalue weighted by Crippen LogP contribution is -2.23. The molecule has 0 radical (unpaired) electrons. The van der Waals surface area contributed by atoms with Crippen molar-refractivity contribution < 1.29 is 9.53 Å². The van der Waals surface area contributed by atoms with Crippen LogP contribution in [0.2, 0.25) is 0 Å². The van der Waals surface area contributed by atoms with Crippen LogP contribution < -0.4 is 15.6 Å². The minimum atomic E-state index is -0.214. The van der Waals surface area contributed by atoms with E-state index in [4.69, 9.17) is 4.74 Å². The maximum absolute atomic E-state index is 12.5. The first kappa shape index (κ1) is 19.4. The zero-order valence-electron chi connectivity index (χ0n) is 16.6. The fraction of sp³-hybridized carbons (Fsp3) is 0.182. The van der Waals surface area contributed by atoms with E-state index in [1.165, 1.54) is 10.6 Å². The van der Waals surface area contributed by atoms with Crippen LogP contribution in [0.5, 0.6) is 5.75 Å². The molecule has 1 N–H and O–H groups in total. The average molecular weight is 403 g/mol. The summed E-state index contributed by atoms with van der Waals surface area (Å²) >= 11 is 0. The SMILES string of the molecule is CC(C)n1cnc2nc(COc3cccc(NC(=O)c4ccccc4)c3)cc(=O)n21. The molecule has 2 aromatic carbocycles. The molecule has 1 amide bonds. The minimum absolute atomic E-state index is 0.0884. The summed E-state index contributed by atoms with van der Waals surface area (Å²) in [5.41, 5.74) is 1.45. The average Bonchev–Trinajstić information content (AvgIpc) is 3.18. The number of nitrogens with zero attached hydrogens (tertiary/aromatic N) is 4. The third kappa shape index (κ3) is 4.07. The monoisotopic (exact) mass is 403 g/mol. The molecule has 0 unspecified atom stereocenters. The zero-order chi connectivity index (χ0) is 21.1. The van der Waals surface area contributed by atoms with Crippen molar-refractivity contribution in [3.63, 3.8) is 0 Å². The summed E-state index contributed by atoms with van der Waals surface area (Å²) in [5, 5.41) is 2.84. The first-order valence-electron chi connectivity index (χ1n) is 9.56. The Morgan fingerprint density at radius 3 is 2.67 bits per heavy atom. The van der Waals surface area contributed by atoms with Gasteiger partial charge in [-0.2, -0.15) is 9.50 Å². The van der Waals surface area contributed by atoms with Gasteiger partial charge in [0.1, 0.15) is 18.7 Å². The van der Waals surface area contributed by atoms with Crippen molar-refractivity contribution in [2.45, 2.75) is 26.5 Å². The third-order valence-corrected chi connectivity index (χ3v) is 4.50. The predicted octanol–water partition coefficient (Wildman–Crippen LogP) is 3.30.